The van der Waals surface area contributed by atoms with Crippen molar-refractivity contribution in [2.75, 3.05) is 0 Å². The monoisotopic (exact) mass is 210 g/mol. The highest BCUT2D eigenvalue weighted by molar-refractivity contribution is 5.36. The summed E-state index contributed by atoms with van der Waals surface area (Å²) in [5.41, 5.74) is 1.89. The Morgan fingerprint density at radius 1 is 1.47 bits per heavy atom. The lowest BCUT2D eigenvalue weighted by molar-refractivity contribution is 0.0923. The smallest absolute Gasteiger partial charge is 0.132 e. The number of aliphatic hydroxyl groups excluding tert-OH is 2. The molecule has 0 spiro atoms. The number of fused-ring (bicyclic) bond motifs is 1. The first-order chi connectivity index (χ1) is 6.94. The van der Waals surface area contributed by atoms with Crippen LogP contribution in [0.2, 0.25) is 0 Å². The number of aliphatic hydroxyl groups is 2. The van der Waals surface area contributed by atoms with Gasteiger partial charge in [-0.2, -0.15) is 0 Å². The van der Waals surface area contributed by atoms with Crippen LogP contribution >= 0.6 is 0 Å². The lowest BCUT2D eigenvalue weighted by atomic mass is 9.75. The average molecular weight is 210 g/mol. The van der Waals surface area contributed by atoms with Crippen LogP contribution in [0.4, 0.5) is 0 Å². The van der Waals surface area contributed by atoms with Crippen molar-refractivity contribution in [2.24, 2.45) is 5.41 Å². The molecule has 0 aromatic carbocycles. The lowest BCUT2D eigenvalue weighted by Gasteiger charge is -2.32. The van der Waals surface area contributed by atoms with Crippen molar-refractivity contribution in [1.82, 2.24) is 0 Å². The molecule has 15 heavy (non-hydrogen) atoms. The summed E-state index contributed by atoms with van der Waals surface area (Å²) >= 11 is 0. The molecule has 1 aromatic heterocycles. The Bertz CT molecular complexity index is 376. The molecule has 0 bridgehead atoms. The second-order valence-corrected chi connectivity index (χ2v) is 5.21. The molecule has 1 heterocycles. The van der Waals surface area contributed by atoms with Gasteiger partial charge in [-0.3, -0.25) is 0 Å². The summed E-state index contributed by atoms with van der Waals surface area (Å²) in [6.45, 7) is 6.05. The largest absolute Gasteiger partial charge is 0.463 e. The molecule has 0 saturated heterocycles. The van der Waals surface area contributed by atoms with E-state index >= 15 is 0 Å². The van der Waals surface area contributed by atoms with E-state index in [1.165, 1.54) is 0 Å². The van der Waals surface area contributed by atoms with Gasteiger partial charge in [-0.15, -0.1) is 0 Å². The SMILES string of the molecule is Cc1c(CO)oc2c1[C@H](O)CC(C)(C)C2. The molecule has 84 valence electrons. The number of hydrogen-bond acceptors (Lipinski definition) is 3. The van der Waals surface area contributed by atoms with Crippen LogP contribution in [-0.2, 0) is 13.0 Å². The zero-order valence-corrected chi connectivity index (χ0v) is 9.50. The maximum atomic E-state index is 10.0. The maximum Gasteiger partial charge on any atom is 0.132 e. The predicted molar refractivity (Wildman–Crippen MR) is 56.4 cm³/mol. The third-order valence-corrected chi connectivity index (χ3v) is 3.23. The molecule has 1 aromatic rings. The zero-order valence-electron chi connectivity index (χ0n) is 9.50. The molecular weight excluding hydrogens is 192 g/mol. The van der Waals surface area contributed by atoms with Gasteiger partial charge in [-0.1, -0.05) is 13.8 Å². The van der Waals surface area contributed by atoms with Crippen LogP contribution in [0.25, 0.3) is 0 Å². The van der Waals surface area contributed by atoms with Gasteiger partial charge in [0, 0.05) is 12.0 Å². The van der Waals surface area contributed by atoms with Crippen LogP contribution < -0.4 is 0 Å². The van der Waals surface area contributed by atoms with Crippen molar-refractivity contribution in [3.63, 3.8) is 0 Å². The van der Waals surface area contributed by atoms with Crippen LogP contribution in [0.3, 0.4) is 0 Å². The number of furan rings is 1. The van der Waals surface area contributed by atoms with E-state index in [0.29, 0.717) is 5.76 Å². The first-order valence-corrected chi connectivity index (χ1v) is 5.34. The van der Waals surface area contributed by atoms with Gasteiger partial charge in [0.2, 0.25) is 0 Å². The number of hydrogen-bond donors (Lipinski definition) is 2. The van der Waals surface area contributed by atoms with Crippen LogP contribution in [0, 0.1) is 12.3 Å². The second-order valence-electron chi connectivity index (χ2n) is 5.21. The molecular formula is C12H18O3. The fourth-order valence-corrected chi connectivity index (χ4v) is 2.49. The first-order valence-electron chi connectivity index (χ1n) is 5.34. The Hall–Kier alpha value is -0.800. The maximum absolute atomic E-state index is 10.0. The van der Waals surface area contributed by atoms with Gasteiger partial charge < -0.3 is 14.6 Å². The molecule has 2 rings (SSSR count). The highest BCUT2D eigenvalue weighted by atomic mass is 16.4. The van der Waals surface area contributed by atoms with Crippen molar-refractivity contribution in [1.29, 1.82) is 0 Å². The van der Waals surface area contributed by atoms with Crippen molar-refractivity contribution in [3.05, 3.63) is 22.6 Å². The minimum Gasteiger partial charge on any atom is -0.463 e. The average Bonchev–Trinajstić information content (AvgIpc) is 2.40. The van der Waals surface area contributed by atoms with Crippen molar-refractivity contribution in [3.8, 4) is 0 Å². The van der Waals surface area contributed by atoms with Gasteiger partial charge in [0.25, 0.3) is 0 Å². The second kappa shape index (κ2) is 3.35. The summed E-state index contributed by atoms with van der Waals surface area (Å²) in [6, 6.07) is 0. The Kier molecular flexibility index (Phi) is 2.40. The minimum absolute atomic E-state index is 0.0729. The molecule has 3 heteroatoms. The van der Waals surface area contributed by atoms with Crippen LogP contribution in [0.5, 0.6) is 0 Å². The van der Waals surface area contributed by atoms with Crippen molar-refractivity contribution >= 4 is 0 Å². The van der Waals surface area contributed by atoms with Crippen molar-refractivity contribution in [2.45, 2.75) is 46.3 Å². The van der Waals surface area contributed by atoms with Gasteiger partial charge in [-0.05, 0) is 24.3 Å². The van der Waals surface area contributed by atoms with Crippen LogP contribution in [0.15, 0.2) is 4.42 Å². The van der Waals surface area contributed by atoms with E-state index in [1.54, 1.807) is 0 Å². The molecule has 1 aliphatic rings. The fourth-order valence-electron chi connectivity index (χ4n) is 2.49. The Morgan fingerprint density at radius 2 is 2.13 bits per heavy atom. The van der Waals surface area contributed by atoms with E-state index in [2.05, 4.69) is 13.8 Å². The highest BCUT2D eigenvalue weighted by Crippen LogP contribution is 2.43. The lowest BCUT2D eigenvalue weighted by Crippen LogP contribution is -2.24. The third-order valence-electron chi connectivity index (χ3n) is 3.23. The molecule has 0 unspecified atom stereocenters. The normalized spacial score (nSPS) is 23.9. The molecule has 0 saturated carbocycles. The number of rotatable bonds is 1. The summed E-state index contributed by atoms with van der Waals surface area (Å²) in [7, 11) is 0. The summed E-state index contributed by atoms with van der Waals surface area (Å²) in [5, 5.41) is 19.2. The summed E-state index contributed by atoms with van der Waals surface area (Å²) < 4.78 is 5.58. The van der Waals surface area contributed by atoms with Gasteiger partial charge in [0.05, 0.1) is 6.10 Å². The van der Waals surface area contributed by atoms with E-state index in [4.69, 9.17) is 9.52 Å². The Balaban J connectivity index is 2.48. The molecule has 0 radical (unpaired) electrons. The van der Waals surface area contributed by atoms with E-state index < -0.39 is 6.10 Å². The molecule has 0 aliphatic heterocycles. The topological polar surface area (TPSA) is 53.6 Å². The van der Waals surface area contributed by atoms with E-state index in [-0.39, 0.29) is 12.0 Å². The summed E-state index contributed by atoms with van der Waals surface area (Å²) in [4.78, 5) is 0. The molecule has 0 fully saturated rings. The molecule has 1 atom stereocenters. The van der Waals surface area contributed by atoms with E-state index in [9.17, 15) is 5.11 Å². The summed E-state index contributed by atoms with van der Waals surface area (Å²) in [5.74, 6) is 1.44. The van der Waals surface area contributed by atoms with Crippen LogP contribution in [-0.4, -0.2) is 10.2 Å². The van der Waals surface area contributed by atoms with Crippen molar-refractivity contribution < 1.29 is 14.6 Å². The van der Waals surface area contributed by atoms with Crippen LogP contribution in [0.1, 0.15) is 49.0 Å². The summed E-state index contributed by atoms with van der Waals surface area (Å²) in [6.07, 6.45) is 1.14. The van der Waals surface area contributed by atoms with Gasteiger partial charge in [0.1, 0.15) is 18.1 Å². The standard InChI is InChI=1S/C12H18O3/c1-7-10(6-13)15-9-5-12(2,3)4-8(14)11(7)9/h8,13-14H,4-6H2,1-3H3/t8-/m1/s1. The third kappa shape index (κ3) is 1.70. The zero-order chi connectivity index (χ0) is 11.2. The van der Waals surface area contributed by atoms with Gasteiger partial charge in [0.15, 0.2) is 0 Å². The van der Waals surface area contributed by atoms with E-state index in [0.717, 1.165) is 29.7 Å². The molecule has 1 aliphatic carbocycles. The highest BCUT2D eigenvalue weighted by Gasteiger charge is 2.35. The first kappa shape index (κ1) is 10.7. The van der Waals surface area contributed by atoms with E-state index in [1.807, 2.05) is 6.92 Å². The molecule has 2 N–H and O–H groups in total. The fraction of sp³-hybridized carbons (Fsp3) is 0.667. The minimum atomic E-state index is -0.451. The van der Waals surface area contributed by atoms with Gasteiger partial charge >= 0.3 is 0 Å². The quantitative estimate of drug-likeness (QED) is 0.746. The molecule has 0 amide bonds. The Morgan fingerprint density at radius 3 is 2.73 bits per heavy atom. The predicted octanol–water partition coefficient (Wildman–Crippen LogP) is 2.09. The Labute approximate surface area is 89.7 Å². The van der Waals surface area contributed by atoms with Gasteiger partial charge in [-0.25, -0.2) is 0 Å². The molecule has 3 nitrogen and oxygen atoms in total.